The Hall–Kier alpha value is -6.70. The van der Waals surface area contributed by atoms with Gasteiger partial charge in [0.25, 0.3) is 0 Å². The number of aromatic nitrogens is 1. The summed E-state index contributed by atoms with van der Waals surface area (Å²) in [7, 11) is 0. The van der Waals surface area contributed by atoms with Crippen LogP contribution in [-0.2, 0) is 0 Å². The molecule has 1 heterocycles. The lowest BCUT2D eigenvalue weighted by atomic mass is 9.85. The molecule has 0 radical (unpaired) electrons. The lowest BCUT2D eigenvalue weighted by Crippen LogP contribution is -1.95. The van der Waals surface area contributed by atoms with Gasteiger partial charge in [0.05, 0.1) is 11.0 Å². The molecule has 0 spiro atoms. The third kappa shape index (κ3) is 4.09. The molecule has 0 unspecified atom stereocenters. The average molecular weight is 646 g/mol. The van der Waals surface area contributed by atoms with E-state index in [1.165, 1.54) is 104 Å². The first-order valence-electron chi connectivity index (χ1n) is 17.7. The Kier molecular flexibility index (Phi) is 6.02. The van der Waals surface area contributed by atoms with Crippen LogP contribution in [0.1, 0.15) is 0 Å². The van der Waals surface area contributed by atoms with Crippen molar-refractivity contribution in [2.24, 2.45) is 0 Å². The van der Waals surface area contributed by atoms with E-state index in [4.69, 9.17) is 0 Å². The van der Waals surface area contributed by atoms with Crippen LogP contribution in [0.3, 0.4) is 0 Å². The Labute approximate surface area is 295 Å². The highest BCUT2D eigenvalue weighted by Gasteiger charge is 2.19. The highest BCUT2D eigenvalue weighted by molar-refractivity contribution is 6.39. The van der Waals surface area contributed by atoms with Gasteiger partial charge in [0.15, 0.2) is 0 Å². The van der Waals surface area contributed by atoms with E-state index in [-0.39, 0.29) is 0 Å². The Morgan fingerprint density at radius 1 is 0.275 bits per heavy atom. The molecule has 0 saturated carbocycles. The van der Waals surface area contributed by atoms with Crippen molar-refractivity contribution >= 4 is 75.7 Å². The van der Waals surface area contributed by atoms with Gasteiger partial charge in [-0.05, 0) is 101 Å². The van der Waals surface area contributed by atoms with Crippen molar-refractivity contribution in [3.8, 4) is 27.9 Å². The van der Waals surface area contributed by atoms with Crippen molar-refractivity contribution in [3.05, 3.63) is 188 Å². The van der Waals surface area contributed by atoms with E-state index in [1.54, 1.807) is 0 Å². The van der Waals surface area contributed by atoms with E-state index >= 15 is 0 Å². The zero-order valence-corrected chi connectivity index (χ0v) is 27.8. The monoisotopic (exact) mass is 645 g/mol. The molecule has 1 heteroatoms. The number of para-hydroxylation sites is 3. The molecular weight excluding hydrogens is 615 g/mol. The molecule has 0 bridgehead atoms. The molecule has 1 aromatic heterocycles. The fourth-order valence-electron chi connectivity index (χ4n) is 8.75. The van der Waals surface area contributed by atoms with Crippen molar-refractivity contribution in [1.29, 1.82) is 0 Å². The van der Waals surface area contributed by atoms with Gasteiger partial charge in [-0.15, -0.1) is 0 Å². The molecule has 0 fully saturated rings. The van der Waals surface area contributed by atoms with Crippen molar-refractivity contribution < 1.29 is 0 Å². The maximum atomic E-state index is 2.44. The van der Waals surface area contributed by atoms with Crippen LogP contribution < -0.4 is 0 Å². The van der Waals surface area contributed by atoms with E-state index in [0.717, 1.165) is 0 Å². The minimum Gasteiger partial charge on any atom is -0.309 e. The van der Waals surface area contributed by atoms with Gasteiger partial charge in [0, 0.05) is 22.0 Å². The van der Waals surface area contributed by atoms with Crippen LogP contribution in [0.15, 0.2) is 188 Å². The van der Waals surface area contributed by atoms with Gasteiger partial charge in [-0.1, -0.05) is 158 Å². The lowest BCUT2D eigenvalue weighted by molar-refractivity contribution is 1.18. The predicted octanol–water partition coefficient (Wildman–Crippen LogP) is 13.9. The molecule has 0 aliphatic carbocycles. The van der Waals surface area contributed by atoms with E-state index in [1.807, 2.05) is 0 Å². The maximum absolute atomic E-state index is 2.44. The topological polar surface area (TPSA) is 4.93 Å². The van der Waals surface area contributed by atoms with Gasteiger partial charge in [0.1, 0.15) is 0 Å². The van der Waals surface area contributed by atoms with E-state index in [9.17, 15) is 0 Å². The average Bonchev–Trinajstić information content (AvgIpc) is 3.55. The van der Waals surface area contributed by atoms with Crippen LogP contribution in [0.4, 0.5) is 0 Å². The van der Waals surface area contributed by atoms with Crippen LogP contribution in [0.25, 0.3) is 104 Å². The van der Waals surface area contributed by atoms with Crippen LogP contribution in [-0.4, -0.2) is 4.57 Å². The summed E-state index contributed by atoms with van der Waals surface area (Å²) >= 11 is 0. The molecule has 1 nitrogen and oxygen atoms in total. The van der Waals surface area contributed by atoms with Crippen LogP contribution >= 0.6 is 0 Å². The van der Waals surface area contributed by atoms with Gasteiger partial charge in [-0.2, -0.15) is 0 Å². The molecule has 0 N–H and O–H groups in total. The molecule has 11 rings (SSSR count). The summed E-state index contributed by atoms with van der Waals surface area (Å²) in [6.45, 7) is 0. The van der Waals surface area contributed by atoms with Gasteiger partial charge >= 0.3 is 0 Å². The summed E-state index contributed by atoms with van der Waals surface area (Å²) in [6.07, 6.45) is 0. The second kappa shape index (κ2) is 10.9. The van der Waals surface area contributed by atoms with E-state index < -0.39 is 0 Å². The van der Waals surface area contributed by atoms with Gasteiger partial charge in [-0.25, -0.2) is 0 Å². The Balaban J connectivity index is 1.25. The maximum Gasteiger partial charge on any atom is 0.0619 e. The Morgan fingerprint density at radius 3 is 1.43 bits per heavy atom. The highest BCUT2D eigenvalue weighted by atomic mass is 15.0. The fourth-order valence-corrected chi connectivity index (χ4v) is 8.75. The van der Waals surface area contributed by atoms with Crippen LogP contribution in [0, 0.1) is 0 Å². The standard InChI is InChI=1S/C50H31N/c1-3-14-32(15-4-1)33-26-28-42-45(30-33)37-18-7-9-21-40(37)49-43-29-27-34(31-46(43)38-19-8-10-22-41(38)48(42)49)36-23-13-24-44-39-20-11-12-25-47(39)51(50(36)44)35-16-5-2-6-17-35/h1-31H. The summed E-state index contributed by atoms with van der Waals surface area (Å²) < 4.78 is 2.44. The fraction of sp³-hybridized carbons (Fsp3) is 0. The Morgan fingerprint density at radius 2 is 0.765 bits per heavy atom. The van der Waals surface area contributed by atoms with Gasteiger partial charge in [0.2, 0.25) is 0 Å². The van der Waals surface area contributed by atoms with Gasteiger partial charge in [-0.3, -0.25) is 0 Å². The summed E-state index contributed by atoms with van der Waals surface area (Å²) in [5.41, 5.74) is 8.55. The SMILES string of the molecule is c1ccc(-c2ccc3c(c2)c2ccccc2c2c4ccc(-c5cccc6c7ccccc7n(-c7ccccc7)c56)cc4c4ccccc4c32)cc1. The minimum atomic E-state index is 1.17. The second-order valence-corrected chi connectivity index (χ2v) is 13.6. The van der Waals surface area contributed by atoms with Crippen molar-refractivity contribution in [3.63, 3.8) is 0 Å². The molecular formula is C50H31N. The summed E-state index contributed by atoms with van der Waals surface area (Å²) in [5, 5.41) is 15.5. The third-order valence-electron chi connectivity index (χ3n) is 10.9. The molecule has 236 valence electrons. The zero-order chi connectivity index (χ0) is 33.5. The minimum absolute atomic E-state index is 1.17. The Bertz CT molecular complexity index is 3170. The first-order chi connectivity index (χ1) is 25.3. The third-order valence-corrected chi connectivity index (χ3v) is 10.9. The number of nitrogens with zero attached hydrogens (tertiary/aromatic N) is 1. The molecule has 10 aromatic carbocycles. The largest absolute Gasteiger partial charge is 0.309 e. The molecule has 0 saturated heterocycles. The molecule has 0 atom stereocenters. The first-order valence-corrected chi connectivity index (χ1v) is 17.7. The molecule has 51 heavy (non-hydrogen) atoms. The van der Waals surface area contributed by atoms with Crippen molar-refractivity contribution in [2.75, 3.05) is 0 Å². The van der Waals surface area contributed by atoms with Gasteiger partial charge < -0.3 is 4.57 Å². The number of hydrogen-bond acceptors (Lipinski definition) is 0. The number of benzene rings is 10. The molecule has 0 amide bonds. The van der Waals surface area contributed by atoms with Crippen molar-refractivity contribution in [1.82, 2.24) is 4.57 Å². The smallest absolute Gasteiger partial charge is 0.0619 e. The van der Waals surface area contributed by atoms with E-state index in [0.29, 0.717) is 0 Å². The zero-order valence-electron chi connectivity index (χ0n) is 27.8. The first kappa shape index (κ1) is 28.2. The number of rotatable bonds is 3. The van der Waals surface area contributed by atoms with E-state index in [2.05, 4.69) is 193 Å². The quantitative estimate of drug-likeness (QED) is 0.169. The second-order valence-electron chi connectivity index (χ2n) is 13.6. The lowest BCUT2D eigenvalue weighted by Gasteiger charge is -2.18. The summed E-state index contributed by atoms with van der Waals surface area (Å²) in [5.74, 6) is 0. The number of hydrogen-bond donors (Lipinski definition) is 0. The highest BCUT2D eigenvalue weighted by Crippen LogP contribution is 2.46. The summed E-state index contributed by atoms with van der Waals surface area (Å²) in [6, 6.07) is 69.2. The normalized spacial score (nSPS) is 11.9. The molecule has 0 aliphatic heterocycles. The predicted molar refractivity (Wildman–Crippen MR) is 219 cm³/mol. The molecule has 11 aromatic rings. The van der Waals surface area contributed by atoms with Crippen LogP contribution in [0.5, 0.6) is 0 Å². The van der Waals surface area contributed by atoms with Crippen LogP contribution in [0.2, 0.25) is 0 Å². The van der Waals surface area contributed by atoms with Crippen molar-refractivity contribution in [2.45, 2.75) is 0 Å². The summed E-state index contributed by atoms with van der Waals surface area (Å²) in [4.78, 5) is 0. The number of fused-ring (bicyclic) bond motifs is 14. The molecule has 0 aliphatic rings.